The number of carbonyl (C=O) groups is 2. The first-order valence-electron chi connectivity index (χ1n) is 2.91. The molecule has 0 saturated carbocycles. The van der Waals surface area contributed by atoms with Crippen molar-refractivity contribution >= 4 is 17.7 Å². The molecule has 6 nitrogen and oxygen atoms in total. The summed E-state index contributed by atoms with van der Waals surface area (Å²) in [6, 6.07) is -0.905. The highest BCUT2D eigenvalue weighted by molar-refractivity contribution is 6.34. The highest BCUT2D eigenvalue weighted by atomic mass is 16.4. The molecule has 0 aromatic rings. The van der Waals surface area contributed by atoms with Gasteiger partial charge in [0.15, 0.2) is 0 Å². The lowest BCUT2D eigenvalue weighted by Crippen LogP contribution is -2.34. The Morgan fingerprint density at radius 3 is 2.45 bits per heavy atom. The van der Waals surface area contributed by atoms with Crippen LogP contribution in [0.25, 0.3) is 0 Å². The average Bonchev–Trinajstić information content (AvgIpc) is 1.87. The SMILES string of the molecule is CCC(=NNC(N)=O)C(=O)[O-]. The van der Waals surface area contributed by atoms with E-state index in [9.17, 15) is 14.7 Å². The van der Waals surface area contributed by atoms with Gasteiger partial charge >= 0.3 is 6.03 Å². The van der Waals surface area contributed by atoms with Crippen LogP contribution >= 0.6 is 0 Å². The zero-order valence-corrected chi connectivity index (χ0v) is 5.96. The number of hydrogen-bond donors (Lipinski definition) is 2. The zero-order chi connectivity index (χ0) is 8.85. The Morgan fingerprint density at radius 1 is 1.64 bits per heavy atom. The summed E-state index contributed by atoms with van der Waals surface area (Å²) in [7, 11) is 0. The zero-order valence-electron chi connectivity index (χ0n) is 5.96. The van der Waals surface area contributed by atoms with Crippen LogP contribution < -0.4 is 16.3 Å². The van der Waals surface area contributed by atoms with Crippen molar-refractivity contribution < 1.29 is 14.7 Å². The second-order valence-corrected chi connectivity index (χ2v) is 1.68. The van der Waals surface area contributed by atoms with E-state index in [4.69, 9.17) is 0 Å². The molecule has 3 N–H and O–H groups in total. The van der Waals surface area contributed by atoms with Crippen molar-refractivity contribution in [1.29, 1.82) is 0 Å². The maximum atomic E-state index is 10.1. The van der Waals surface area contributed by atoms with Gasteiger partial charge in [-0.2, -0.15) is 5.10 Å². The molecule has 11 heavy (non-hydrogen) atoms. The molecule has 0 bridgehead atoms. The Balaban J connectivity index is 4.13. The van der Waals surface area contributed by atoms with Crippen LogP contribution in [0.15, 0.2) is 5.10 Å². The number of urea groups is 1. The lowest BCUT2D eigenvalue weighted by molar-refractivity contribution is -0.294. The number of hydrogen-bond acceptors (Lipinski definition) is 4. The van der Waals surface area contributed by atoms with E-state index in [1.54, 1.807) is 12.3 Å². The maximum absolute atomic E-state index is 10.1. The number of carbonyl (C=O) groups excluding carboxylic acids is 2. The highest BCUT2D eigenvalue weighted by Crippen LogP contribution is 1.81. The third kappa shape index (κ3) is 3.90. The average molecular weight is 158 g/mol. The van der Waals surface area contributed by atoms with Crippen LogP contribution in [0.5, 0.6) is 0 Å². The number of nitrogens with zero attached hydrogens (tertiary/aromatic N) is 1. The second kappa shape index (κ2) is 4.26. The van der Waals surface area contributed by atoms with E-state index in [0.29, 0.717) is 0 Å². The van der Waals surface area contributed by atoms with Crippen molar-refractivity contribution in [1.82, 2.24) is 5.43 Å². The maximum Gasteiger partial charge on any atom is 0.332 e. The monoisotopic (exact) mass is 158 g/mol. The number of carboxylic acids is 1. The topological polar surface area (TPSA) is 108 Å². The predicted molar refractivity (Wildman–Crippen MR) is 35.5 cm³/mol. The van der Waals surface area contributed by atoms with E-state index in [0.717, 1.165) is 0 Å². The summed E-state index contributed by atoms with van der Waals surface area (Å²) in [6.07, 6.45) is 0.169. The van der Waals surface area contributed by atoms with Crippen molar-refractivity contribution in [2.75, 3.05) is 0 Å². The predicted octanol–water partition coefficient (Wildman–Crippen LogP) is -1.83. The van der Waals surface area contributed by atoms with Gasteiger partial charge in [-0.1, -0.05) is 6.92 Å². The van der Waals surface area contributed by atoms with Crippen LogP contribution in [0, 0.1) is 0 Å². The van der Waals surface area contributed by atoms with Crippen molar-refractivity contribution in [3.8, 4) is 0 Å². The Bertz CT molecular complexity index is 199. The Hall–Kier alpha value is -1.59. The van der Waals surface area contributed by atoms with Crippen LogP contribution in [0.3, 0.4) is 0 Å². The van der Waals surface area contributed by atoms with Gasteiger partial charge in [-0.25, -0.2) is 10.2 Å². The second-order valence-electron chi connectivity index (χ2n) is 1.68. The summed E-state index contributed by atoms with van der Waals surface area (Å²) in [5, 5.41) is 13.3. The van der Waals surface area contributed by atoms with Crippen molar-refractivity contribution in [3.63, 3.8) is 0 Å². The largest absolute Gasteiger partial charge is 0.543 e. The molecule has 0 rings (SSSR count). The van der Waals surface area contributed by atoms with Crippen LogP contribution in [0.4, 0.5) is 4.79 Å². The van der Waals surface area contributed by atoms with Crippen molar-refractivity contribution in [2.45, 2.75) is 13.3 Å². The standard InChI is InChI=1S/C5H9N3O3/c1-2-3(4(9)10)7-8-5(6)11/h2H2,1H3,(H,9,10)(H3,6,8,11)/p-1. The number of carboxylic acid groups (broad SMARTS) is 1. The van der Waals surface area contributed by atoms with Crippen LogP contribution in [-0.2, 0) is 4.79 Å². The summed E-state index contributed by atoms with van der Waals surface area (Å²) in [5.41, 5.74) is 6.16. The molecule has 0 aromatic heterocycles. The molecule has 0 saturated heterocycles. The number of rotatable bonds is 3. The molecule has 62 valence electrons. The molecule has 6 heteroatoms. The van der Waals surface area contributed by atoms with E-state index in [-0.39, 0.29) is 12.1 Å². The lowest BCUT2D eigenvalue weighted by Gasteiger charge is -2.02. The van der Waals surface area contributed by atoms with Gasteiger partial charge in [0.2, 0.25) is 0 Å². The Morgan fingerprint density at radius 2 is 2.18 bits per heavy atom. The summed E-state index contributed by atoms with van der Waals surface area (Å²) in [6.45, 7) is 1.57. The number of aliphatic carboxylic acids is 1. The van der Waals surface area contributed by atoms with Gasteiger partial charge < -0.3 is 15.6 Å². The van der Waals surface area contributed by atoms with Crippen LogP contribution in [0.1, 0.15) is 13.3 Å². The Labute approximate surface area is 63.1 Å². The van der Waals surface area contributed by atoms with Crippen LogP contribution in [0.2, 0.25) is 0 Å². The summed E-state index contributed by atoms with van der Waals surface area (Å²) < 4.78 is 0. The fourth-order valence-electron chi connectivity index (χ4n) is 0.392. The van der Waals surface area contributed by atoms with Gasteiger partial charge in [-0.15, -0.1) is 0 Å². The molecule has 0 unspecified atom stereocenters. The molecule has 0 spiro atoms. The van der Waals surface area contributed by atoms with Gasteiger partial charge in [0, 0.05) is 0 Å². The van der Waals surface area contributed by atoms with Crippen LogP contribution in [-0.4, -0.2) is 17.7 Å². The lowest BCUT2D eigenvalue weighted by atomic mass is 10.3. The van der Waals surface area contributed by atoms with Gasteiger partial charge in [-0.05, 0) is 6.42 Å². The van der Waals surface area contributed by atoms with Crippen molar-refractivity contribution in [2.24, 2.45) is 10.8 Å². The molecule has 2 amide bonds. The van der Waals surface area contributed by atoms with E-state index in [1.165, 1.54) is 0 Å². The minimum Gasteiger partial charge on any atom is -0.543 e. The fraction of sp³-hybridized carbons (Fsp3) is 0.400. The first kappa shape index (κ1) is 9.41. The molecule has 0 radical (unpaired) electrons. The van der Waals surface area contributed by atoms with E-state index < -0.39 is 12.0 Å². The van der Waals surface area contributed by atoms with E-state index in [2.05, 4.69) is 10.8 Å². The number of hydrazone groups is 1. The minimum atomic E-state index is -1.42. The molecule has 0 aliphatic rings. The molecule has 0 heterocycles. The van der Waals surface area contributed by atoms with E-state index >= 15 is 0 Å². The van der Waals surface area contributed by atoms with Gasteiger partial charge in [0.25, 0.3) is 0 Å². The van der Waals surface area contributed by atoms with Crippen molar-refractivity contribution in [3.05, 3.63) is 0 Å². The minimum absolute atomic E-state index is 0.169. The summed E-state index contributed by atoms with van der Waals surface area (Å²) in [5.74, 6) is -1.42. The number of nitrogens with two attached hydrogens (primary N) is 1. The van der Waals surface area contributed by atoms with E-state index in [1.807, 2.05) is 0 Å². The highest BCUT2D eigenvalue weighted by Gasteiger charge is 1.96. The molecule has 0 aliphatic heterocycles. The number of nitrogens with one attached hydrogen (secondary N) is 1. The number of primary amides is 1. The van der Waals surface area contributed by atoms with Gasteiger partial charge in [0.1, 0.15) is 0 Å². The molecular formula is C5H8N3O3-. The first-order chi connectivity index (χ1) is 5.07. The number of amides is 2. The summed E-state index contributed by atoms with van der Waals surface area (Å²) in [4.78, 5) is 20.1. The van der Waals surface area contributed by atoms with Gasteiger partial charge in [0.05, 0.1) is 11.7 Å². The molecule has 0 atom stereocenters. The summed E-state index contributed by atoms with van der Waals surface area (Å²) >= 11 is 0. The molecular weight excluding hydrogens is 150 g/mol. The quantitative estimate of drug-likeness (QED) is 0.372. The molecule has 0 aromatic carbocycles. The third-order valence-electron chi connectivity index (χ3n) is 0.872. The molecule has 0 fully saturated rings. The smallest absolute Gasteiger partial charge is 0.332 e. The normalized spacial score (nSPS) is 10.8. The molecule has 0 aliphatic carbocycles. The van der Waals surface area contributed by atoms with Gasteiger partial charge in [-0.3, -0.25) is 0 Å². The first-order valence-corrected chi connectivity index (χ1v) is 2.91. The third-order valence-corrected chi connectivity index (χ3v) is 0.872. The fourth-order valence-corrected chi connectivity index (χ4v) is 0.392. The Kier molecular flexibility index (Phi) is 3.65.